The average molecular weight is 272 g/mol. The molecule has 0 amide bonds. The maximum Gasteiger partial charge on any atom is 0.251 e. The lowest BCUT2D eigenvalue weighted by atomic mass is 9.91. The van der Waals surface area contributed by atoms with Crippen molar-refractivity contribution in [3.05, 3.63) is 69.4 Å². The summed E-state index contributed by atoms with van der Waals surface area (Å²) < 4.78 is 15.0. The van der Waals surface area contributed by atoms with Crippen LogP contribution in [0.2, 0.25) is 0 Å². The molecule has 0 fully saturated rings. The van der Waals surface area contributed by atoms with Crippen LogP contribution < -0.4 is 11.3 Å². The van der Waals surface area contributed by atoms with Gasteiger partial charge in [0.25, 0.3) is 5.56 Å². The Morgan fingerprint density at radius 1 is 1.30 bits per heavy atom. The van der Waals surface area contributed by atoms with Gasteiger partial charge in [0.15, 0.2) is 0 Å². The van der Waals surface area contributed by atoms with Gasteiger partial charge in [0.2, 0.25) is 0 Å². The van der Waals surface area contributed by atoms with Crippen LogP contribution in [0.5, 0.6) is 0 Å². The number of nitrogens with zero attached hydrogens (tertiary/aromatic N) is 1. The molecule has 1 atom stereocenters. The Hall–Kier alpha value is -1.94. The van der Waals surface area contributed by atoms with Gasteiger partial charge in [-0.15, -0.1) is 0 Å². The highest BCUT2D eigenvalue weighted by atomic mass is 19.1. The monoisotopic (exact) mass is 272 g/mol. The lowest BCUT2D eigenvalue weighted by molar-refractivity contribution is 0.529. The van der Waals surface area contributed by atoms with Crippen molar-refractivity contribution < 1.29 is 4.39 Å². The second kappa shape index (κ2) is 5.21. The van der Waals surface area contributed by atoms with E-state index in [4.69, 9.17) is 5.73 Å². The average Bonchev–Trinajstić information content (AvgIpc) is 2.42. The molecular formula is C16H17FN2O. The largest absolute Gasteiger partial charge is 0.324 e. The van der Waals surface area contributed by atoms with Gasteiger partial charge >= 0.3 is 0 Å². The van der Waals surface area contributed by atoms with Gasteiger partial charge in [0.1, 0.15) is 5.82 Å². The first kappa shape index (κ1) is 13.1. The quantitative estimate of drug-likeness (QED) is 0.912. The van der Waals surface area contributed by atoms with E-state index in [1.807, 2.05) is 12.1 Å². The van der Waals surface area contributed by atoms with Gasteiger partial charge in [-0.3, -0.25) is 4.79 Å². The summed E-state index contributed by atoms with van der Waals surface area (Å²) in [7, 11) is 0. The number of hydrogen-bond donors (Lipinski definition) is 1. The summed E-state index contributed by atoms with van der Waals surface area (Å²) in [6.45, 7) is 0.395. The maximum absolute atomic E-state index is 13.3. The number of nitrogens with two attached hydrogens (primary N) is 1. The lowest BCUT2D eigenvalue weighted by Gasteiger charge is -2.25. The van der Waals surface area contributed by atoms with E-state index in [9.17, 15) is 9.18 Å². The molecule has 3 nitrogen and oxygen atoms in total. The lowest BCUT2D eigenvalue weighted by Crippen LogP contribution is -2.29. The maximum atomic E-state index is 13.3. The Morgan fingerprint density at radius 2 is 2.15 bits per heavy atom. The van der Waals surface area contributed by atoms with E-state index in [2.05, 4.69) is 0 Å². The van der Waals surface area contributed by atoms with Crippen LogP contribution in [0.25, 0.3) is 0 Å². The summed E-state index contributed by atoms with van der Waals surface area (Å²) in [5.74, 6) is -0.281. The van der Waals surface area contributed by atoms with E-state index in [0.29, 0.717) is 6.54 Å². The summed E-state index contributed by atoms with van der Waals surface area (Å²) in [4.78, 5) is 12.1. The predicted molar refractivity (Wildman–Crippen MR) is 76.1 cm³/mol. The SMILES string of the molecule is NC1CCCc2c1ccc(=O)n2Cc1cccc(F)c1. The van der Waals surface area contributed by atoms with Gasteiger partial charge in [-0.1, -0.05) is 18.2 Å². The molecular weight excluding hydrogens is 255 g/mol. The summed E-state index contributed by atoms with van der Waals surface area (Å²) in [5.41, 5.74) is 8.89. The van der Waals surface area contributed by atoms with Gasteiger partial charge < -0.3 is 10.3 Å². The molecule has 20 heavy (non-hydrogen) atoms. The van der Waals surface area contributed by atoms with Crippen LogP contribution in [0.15, 0.2) is 41.2 Å². The van der Waals surface area contributed by atoms with Crippen molar-refractivity contribution in [2.75, 3.05) is 0 Å². The normalized spacial score (nSPS) is 17.8. The summed E-state index contributed by atoms with van der Waals surface area (Å²) in [6.07, 6.45) is 2.79. The Balaban J connectivity index is 2.05. The molecule has 2 N–H and O–H groups in total. The van der Waals surface area contributed by atoms with Gasteiger partial charge in [0, 0.05) is 17.8 Å². The van der Waals surface area contributed by atoms with Crippen LogP contribution in [-0.2, 0) is 13.0 Å². The number of pyridine rings is 1. The second-order valence-electron chi connectivity index (χ2n) is 5.29. The predicted octanol–water partition coefficient (Wildman–Crippen LogP) is 2.37. The number of benzene rings is 1. The van der Waals surface area contributed by atoms with E-state index in [1.54, 1.807) is 16.7 Å². The Labute approximate surface area is 116 Å². The molecule has 1 heterocycles. The first-order valence-corrected chi connectivity index (χ1v) is 6.88. The van der Waals surface area contributed by atoms with Crippen LogP contribution in [0, 0.1) is 5.82 Å². The molecule has 1 aliphatic rings. The van der Waals surface area contributed by atoms with Crippen molar-refractivity contribution in [1.82, 2.24) is 4.57 Å². The van der Waals surface area contributed by atoms with Gasteiger partial charge in [-0.05, 0) is 42.5 Å². The fourth-order valence-corrected chi connectivity index (χ4v) is 2.89. The fourth-order valence-electron chi connectivity index (χ4n) is 2.89. The topological polar surface area (TPSA) is 48.0 Å². The standard InChI is InChI=1S/C16H17FN2O/c17-12-4-1-3-11(9-12)10-19-15-6-2-5-14(18)13(15)7-8-16(19)20/h1,3-4,7-9,14H,2,5-6,10,18H2. The van der Waals surface area contributed by atoms with Crippen LogP contribution in [0.4, 0.5) is 4.39 Å². The fraction of sp³-hybridized carbons (Fsp3) is 0.312. The first-order valence-electron chi connectivity index (χ1n) is 6.88. The molecule has 4 heteroatoms. The third-order valence-electron chi connectivity index (χ3n) is 3.89. The van der Waals surface area contributed by atoms with Gasteiger partial charge in [-0.25, -0.2) is 4.39 Å². The molecule has 0 radical (unpaired) electrons. The van der Waals surface area contributed by atoms with Gasteiger partial charge in [0.05, 0.1) is 6.54 Å². The number of rotatable bonds is 2. The zero-order chi connectivity index (χ0) is 14.1. The Kier molecular flexibility index (Phi) is 3.40. The molecule has 0 saturated heterocycles. The van der Waals surface area contributed by atoms with Crippen molar-refractivity contribution in [3.63, 3.8) is 0 Å². The first-order chi connectivity index (χ1) is 9.65. The smallest absolute Gasteiger partial charge is 0.251 e. The minimum absolute atomic E-state index is 0.00175. The minimum atomic E-state index is -0.281. The molecule has 3 rings (SSSR count). The van der Waals surface area contributed by atoms with Crippen molar-refractivity contribution >= 4 is 0 Å². The molecule has 2 aromatic rings. The van der Waals surface area contributed by atoms with Crippen LogP contribution >= 0.6 is 0 Å². The molecule has 0 aliphatic heterocycles. The molecule has 104 valence electrons. The zero-order valence-corrected chi connectivity index (χ0v) is 11.2. The minimum Gasteiger partial charge on any atom is -0.324 e. The van der Waals surface area contributed by atoms with Crippen molar-refractivity contribution in [3.8, 4) is 0 Å². The summed E-state index contributed by atoms with van der Waals surface area (Å²) in [6, 6.07) is 9.76. The van der Waals surface area contributed by atoms with Crippen LogP contribution in [-0.4, -0.2) is 4.57 Å². The second-order valence-corrected chi connectivity index (χ2v) is 5.29. The summed E-state index contributed by atoms with van der Waals surface area (Å²) in [5, 5.41) is 0. The van der Waals surface area contributed by atoms with Gasteiger partial charge in [-0.2, -0.15) is 0 Å². The van der Waals surface area contributed by atoms with Crippen LogP contribution in [0.3, 0.4) is 0 Å². The summed E-state index contributed by atoms with van der Waals surface area (Å²) >= 11 is 0. The highest BCUT2D eigenvalue weighted by Crippen LogP contribution is 2.27. The molecule has 1 unspecified atom stereocenters. The number of fused-ring (bicyclic) bond motifs is 1. The molecule has 0 bridgehead atoms. The zero-order valence-electron chi connectivity index (χ0n) is 11.2. The number of halogens is 1. The molecule has 0 spiro atoms. The highest BCUT2D eigenvalue weighted by Gasteiger charge is 2.20. The van der Waals surface area contributed by atoms with E-state index in [0.717, 1.165) is 36.1 Å². The Morgan fingerprint density at radius 3 is 2.95 bits per heavy atom. The number of aromatic nitrogens is 1. The molecule has 1 aromatic heterocycles. The van der Waals surface area contributed by atoms with E-state index in [-0.39, 0.29) is 17.4 Å². The highest BCUT2D eigenvalue weighted by molar-refractivity contribution is 5.28. The Bertz CT molecular complexity index is 693. The van der Waals surface area contributed by atoms with Crippen molar-refractivity contribution in [1.29, 1.82) is 0 Å². The van der Waals surface area contributed by atoms with E-state index < -0.39 is 0 Å². The van der Waals surface area contributed by atoms with E-state index in [1.165, 1.54) is 12.1 Å². The molecule has 0 saturated carbocycles. The van der Waals surface area contributed by atoms with E-state index >= 15 is 0 Å². The third-order valence-corrected chi connectivity index (χ3v) is 3.89. The third kappa shape index (κ3) is 2.39. The van der Waals surface area contributed by atoms with Crippen LogP contribution in [0.1, 0.15) is 35.7 Å². The molecule has 1 aliphatic carbocycles. The van der Waals surface area contributed by atoms with Crippen molar-refractivity contribution in [2.24, 2.45) is 5.73 Å². The number of hydrogen-bond acceptors (Lipinski definition) is 2. The van der Waals surface area contributed by atoms with Crippen molar-refractivity contribution in [2.45, 2.75) is 31.8 Å². The molecule has 1 aromatic carbocycles.